The third kappa shape index (κ3) is 8.82. The summed E-state index contributed by atoms with van der Waals surface area (Å²) in [6.07, 6.45) is 1.86. The summed E-state index contributed by atoms with van der Waals surface area (Å²) in [5.41, 5.74) is 0. The molecule has 0 aliphatic carbocycles. The largest absolute Gasteiger partial charge is 0.566 e. The Morgan fingerprint density at radius 2 is 2.17 bits per heavy atom. The van der Waals surface area contributed by atoms with E-state index in [1.54, 1.807) is 0 Å². The number of hydrogen-bond donors (Lipinski definition) is 1. The molecule has 38 valence electrons. The molecule has 0 amide bonds. The van der Waals surface area contributed by atoms with Crippen molar-refractivity contribution in [3.05, 3.63) is 6.61 Å². The molecule has 1 N–H and O–H groups in total. The van der Waals surface area contributed by atoms with Gasteiger partial charge in [-0.1, -0.05) is 13.3 Å². The third-order valence-corrected chi connectivity index (χ3v) is 0.418. The molecule has 0 saturated carbocycles. The van der Waals surface area contributed by atoms with Gasteiger partial charge in [0, 0.05) is 21.1 Å². The van der Waals surface area contributed by atoms with Crippen molar-refractivity contribution in [1.29, 1.82) is 0 Å². The first-order valence-electron chi connectivity index (χ1n) is 1.87. The summed E-state index contributed by atoms with van der Waals surface area (Å²) in [6, 6.07) is 0. The van der Waals surface area contributed by atoms with Crippen molar-refractivity contribution in [2.75, 3.05) is 0 Å². The molecule has 0 fully saturated rings. The molecule has 0 aromatic carbocycles. The van der Waals surface area contributed by atoms with Crippen LogP contribution >= 0.6 is 0 Å². The fraction of sp³-hybridized carbons (Fsp3) is 0.750. The van der Waals surface area contributed by atoms with Crippen LogP contribution in [0.15, 0.2) is 0 Å². The normalized spacial score (nSPS) is 7.00. The van der Waals surface area contributed by atoms with Gasteiger partial charge in [0.1, 0.15) is 0 Å². The average Bonchev–Trinajstić information content (AvgIpc) is 1.41. The monoisotopic (exact) mass is 257 g/mol. The van der Waals surface area contributed by atoms with E-state index in [4.69, 9.17) is 5.11 Å². The molecule has 0 spiro atoms. The molecule has 0 heterocycles. The standard InChI is InChI=1S/C4H9O.W/c1-2-3-4-5;/h4-5H,2-3H2,1H3;/q-1;. The van der Waals surface area contributed by atoms with Gasteiger partial charge >= 0.3 is 0 Å². The van der Waals surface area contributed by atoms with Crippen LogP contribution in [0.2, 0.25) is 0 Å². The van der Waals surface area contributed by atoms with Crippen molar-refractivity contribution in [3.63, 3.8) is 0 Å². The van der Waals surface area contributed by atoms with E-state index in [9.17, 15) is 0 Å². The molecule has 0 aliphatic rings. The number of aliphatic hydroxyl groups excluding tert-OH is 1. The maximum absolute atomic E-state index is 7.94. The van der Waals surface area contributed by atoms with E-state index in [0.717, 1.165) is 12.8 Å². The number of rotatable bonds is 2. The molecule has 0 aromatic heterocycles. The van der Waals surface area contributed by atoms with Gasteiger partial charge in [0.15, 0.2) is 0 Å². The minimum absolute atomic E-state index is 0. The first-order valence-corrected chi connectivity index (χ1v) is 1.87. The summed E-state index contributed by atoms with van der Waals surface area (Å²) in [5.74, 6) is 0. The average molecular weight is 257 g/mol. The molecule has 0 aliphatic heterocycles. The minimum atomic E-state index is 0. The quantitative estimate of drug-likeness (QED) is 0.739. The number of hydrogen-bond acceptors (Lipinski definition) is 1. The van der Waals surface area contributed by atoms with E-state index in [1.165, 1.54) is 6.61 Å². The van der Waals surface area contributed by atoms with Gasteiger partial charge in [-0.15, -0.1) is 0 Å². The van der Waals surface area contributed by atoms with Crippen LogP contribution in [0, 0.1) is 6.61 Å². The van der Waals surface area contributed by atoms with Gasteiger partial charge in [-0.3, -0.25) is 0 Å². The van der Waals surface area contributed by atoms with Crippen molar-refractivity contribution in [2.45, 2.75) is 19.8 Å². The Kier molecular flexibility index (Phi) is 15.0. The summed E-state index contributed by atoms with van der Waals surface area (Å²) in [5, 5.41) is 7.94. The van der Waals surface area contributed by atoms with Crippen LogP contribution in [0.3, 0.4) is 0 Å². The Morgan fingerprint density at radius 3 is 2.17 bits per heavy atom. The second-order valence-electron chi connectivity index (χ2n) is 0.971. The van der Waals surface area contributed by atoms with Gasteiger partial charge in [-0.25, -0.2) is 6.61 Å². The van der Waals surface area contributed by atoms with Crippen molar-refractivity contribution in [1.82, 2.24) is 0 Å². The molecule has 0 aromatic rings. The first-order chi connectivity index (χ1) is 2.41. The number of aliphatic hydroxyl groups is 1. The van der Waals surface area contributed by atoms with Crippen LogP contribution in [0.1, 0.15) is 19.8 Å². The van der Waals surface area contributed by atoms with Crippen LogP contribution in [0.5, 0.6) is 0 Å². The summed E-state index contributed by atoms with van der Waals surface area (Å²) in [7, 11) is 0. The zero-order valence-corrected chi connectivity index (χ0v) is 6.78. The Morgan fingerprint density at radius 1 is 1.67 bits per heavy atom. The summed E-state index contributed by atoms with van der Waals surface area (Å²) < 4.78 is 0. The van der Waals surface area contributed by atoms with E-state index >= 15 is 0 Å². The molecule has 0 rings (SSSR count). The summed E-state index contributed by atoms with van der Waals surface area (Å²) >= 11 is 0. The van der Waals surface area contributed by atoms with Gasteiger partial charge in [0.2, 0.25) is 0 Å². The van der Waals surface area contributed by atoms with Gasteiger partial charge < -0.3 is 5.11 Å². The van der Waals surface area contributed by atoms with E-state index in [0.29, 0.717) is 0 Å². The van der Waals surface area contributed by atoms with Crippen LogP contribution in [-0.4, -0.2) is 5.11 Å². The second kappa shape index (κ2) is 9.17. The van der Waals surface area contributed by atoms with Crippen LogP contribution in [-0.2, 0) is 21.1 Å². The minimum Gasteiger partial charge on any atom is -0.566 e. The third-order valence-electron chi connectivity index (χ3n) is 0.418. The summed E-state index contributed by atoms with van der Waals surface area (Å²) in [4.78, 5) is 0. The molecule has 0 saturated heterocycles. The molecule has 0 bridgehead atoms. The molecule has 0 atom stereocenters. The fourth-order valence-electron chi connectivity index (χ4n) is 0.129. The topological polar surface area (TPSA) is 20.2 Å². The van der Waals surface area contributed by atoms with Crippen molar-refractivity contribution >= 4 is 0 Å². The van der Waals surface area contributed by atoms with E-state index in [2.05, 4.69) is 0 Å². The van der Waals surface area contributed by atoms with Crippen LogP contribution < -0.4 is 0 Å². The Labute approximate surface area is 53.0 Å². The van der Waals surface area contributed by atoms with Gasteiger partial charge in [-0.05, 0) is 0 Å². The number of unbranched alkanes of at least 4 members (excludes halogenated alkanes) is 1. The van der Waals surface area contributed by atoms with Crippen molar-refractivity contribution < 1.29 is 26.2 Å². The first kappa shape index (κ1) is 9.82. The second-order valence-corrected chi connectivity index (χ2v) is 0.971. The Bertz CT molecular complexity index is 15.0. The van der Waals surface area contributed by atoms with Crippen molar-refractivity contribution in [3.8, 4) is 0 Å². The van der Waals surface area contributed by atoms with Gasteiger partial charge in [0.05, 0.1) is 0 Å². The SMILES string of the molecule is CCC[CH-]O.[W]. The van der Waals surface area contributed by atoms with Crippen molar-refractivity contribution in [2.24, 2.45) is 0 Å². The molecular formula is C4H9OW-. The van der Waals surface area contributed by atoms with Gasteiger partial charge in [0.25, 0.3) is 0 Å². The maximum Gasteiger partial charge on any atom is 0 e. The predicted molar refractivity (Wildman–Crippen MR) is 21.1 cm³/mol. The zero-order valence-electron chi connectivity index (χ0n) is 3.85. The van der Waals surface area contributed by atoms with Crippen LogP contribution in [0.4, 0.5) is 0 Å². The van der Waals surface area contributed by atoms with E-state index < -0.39 is 0 Å². The molecule has 2 heteroatoms. The zero-order chi connectivity index (χ0) is 4.12. The smallest absolute Gasteiger partial charge is 0 e. The molecular weight excluding hydrogens is 248 g/mol. The van der Waals surface area contributed by atoms with Gasteiger partial charge in [-0.2, -0.15) is 6.42 Å². The molecule has 1 nitrogen and oxygen atoms in total. The maximum atomic E-state index is 7.94. The molecule has 6 heavy (non-hydrogen) atoms. The Balaban J connectivity index is 0. The Hall–Kier alpha value is 0.648. The predicted octanol–water partition coefficient (Wildman–Crippen LogP) is 1.32. The van der Waals surface area contributed by atoms with E-state index in [1.807, 2.05) is 6.92 Å². The fourth-order valence-corrected chi connectivity index (χ4v) is 0.129. The summed E-state index contributed by atoms with van der Waals surface area (Å²) in [6.45, 7) is 3.20. The molecule has 0 radical (unpaired) electrons. The van der Waals surface area contributed by atoms with Crippen LogP contribution in [0.25, 0.3) is 0 Å². The molecule has 0 unspecified atom stereocenters. The van der Waals surface area contributed by atoms with E-state index in [-0.39, 0.29) is 21.1 Å².